The molecule has 0 aliphatic rings. The second-order valence-electron chi connectivity index (χ2n) is 4.59. The van der Waals surface area contributed by atoms with Crippen molar-refractivity contribution >= 4 is 9.84 Å². The van der Waals surface area contributed by atoms with E-state index in [1.54, 1.807) is 0 Å². The van der Waals surface area contributed by atoms with E-state index in [1.807, 2.05) is 13.8 Å². The minimum Gasteiger partial charge on any atom is -0.389 e. The summed E-state index contributed by atoms with van der Waals surface area (Å²) in [5.41, 5.74) is -1.12. The van der Waals surface area contributed by atoms with Crippen molar-refractivity contribution in [1.82, 2.24) is 0 Å². The first kappa shape index (κ1) is 12.9. The summed E-state index contributed by atoms with van der Waals surface area (Å²) in [5.74, 6) is 0.415. The molecule has 0 aromatic rings. The minimum absolute atomic E-state index is 0.146. The van der Waals surface area contributed by atoms with Crippen LogP contribution in [0.1, 0.15) is 34.1 Å². The maximum Gasteiger partial charge on any atom is 0.153 e. The molecule has 0 atom stereocenters. The van der Waals surface area contributed by atoms with Crippen LogP contribution < -0.4 is 0 Å². The number of rotatable bonds is 5. The van der Waals surface area contributed by atoms with Crippen molar-refractivity contribution in [3.63, 3.8) is 0 Å². The summed E-state index contributed by atoms with van der Waals surface area (Å²) < 4.78 is 22.8. The standard InChI is InChI=1S/C9H20O3S/c1-8(2)5-6-13(11,12)7-9(3,4)10/h8,10H,5-7H2,1-4H3. The third kappa shape index (κ3) is 8.25. The predicted molar refractivity (Wildman–Crippen MR) is 54.4 cm³/mol. The summed E-state index contributed by atoms with van der Waals surface area (Å²) in [6, 6.07) is 0. The molecule has 0 aliphatic heterocycles. The monoisotopic (exact) mass is 208 g/mol. The Morgan fingerprint density at radius 3 is 2.08 bits per heavy atom. The van der Waals surface area contributed by atoms with Gasteiger partial charge in [-0.1, -0.05) is 13.8 Å². The van der Waals surface area contributed by atoms with Crippen molar-refractivity contribution in [1.29, 1.82) is 0 Å². The van der Waals surface area contributed by atoms with E-state index in [4.69, 9.17) is 0 Å². The molecule has 0 radical (unpaired) electrons. The number of hydrogen-bond acceptors (Lipinski definition) is 3. The number of sulfone groups is 1. The van der Waals surface area contributed by atoms with Crippen LogP contribution in [0.2, 0.25) is 0 Å². The minimum atomic E-state index is -3.08. The molecular weight excluding hydrogens is 188 g/mol. The van der Waals surface area contributed by atoms with Gasteiger partial charge in [0.15, 0.2) is 9.84 Å². The van der Waals surface area contributed by atoms with E-state index in [-0.39, 0.29) is 11.5 Å². The molecule has 1 N–H and O–H groups in total. The molecule has 0 bridgehead atoms. The van der Waals surface area contributed by atoms with Gasteiger partial charge in [0.05, 0.1) is 17.1 Å². The molecule has 80 valence electrons. The molecule has 13 heavy (non-hydrogen) atoms. The van der Waals surface area contributed by atoms with E-state index in [1.165, 1.54) is 13.8 Å². The zero-order valence-corrected chi connectivity index (χ0v) is 9.69. The molecule has 0 rings (SSSR count). The van der Waals surface area contributed by atoms with Crippen LogP contribution in [0.3, 0.4) is 0 Å². The van der Waals surface area contributed by atoms with E-state index in [9.17, 15) is 13.5 Å². The first-order valence-electron chi connectivity index (χ1n) is 4.55. The Kier molecular flexibility index (Phi) is 4.39. The maximum atomic E-state index is 11.4. The predicted octanol–water partition coefficient (Wildman–Crippen LogP) is 1.22. The summed E-state index contributed by atoms with van der Waals surface area (Å²) in [7, 11) is -3.08. The molecule has 0 heterocycles. The van der Waals surface area contributed by atoms with Crippen LogP contribution in [0.4, 0.5) is 0 Å². The quantitative estimate of drug-likeness (QED) is 0.739. The van der Waals surface area contributed by atoms with Crippen LogP contribution in [-0.2, 0) is 9.84 Å². The summed E-state index contributed by atoms with van der Waals surface area (Å²) in [4.78, 5) is 0. The van der Waals surface area contributed by atoms with E-state index >= 15 is 0 Å². The third-order valence-corrected chi connectivity index (χ3v) is 3.58. The molecule has 0 unspecified atom stereocenters. The van der Waals surface area contributed by atoms with E-state index < -0.39 is 15.4 Å². The van der Waals surface area contributed by atoms with E-state index in [2.05, 4.69) is 0 Å². The first-order valence-corrected chi connectivity index (χ1v) is 6.37. The summed E-state index contributed by atoms with van der Waals surface area (Å²) in [5, 5.41) is 9.34. The fraction of sp³-hybridized carbons (Fsp3) is 1.00. The van der Waals surface area contributed by atoms with Gasteiger partial charge >= 0.3 is 0 Å². The largest absolute Gasteiger partial charge is 0.389 e. The van der Waals surface area contributed by atoms with Crippen LogP contribution in [0.5, 0.6) is 0 Å². The van der Waals surface area contributed by atoms with Crippen molar-refractivity contribution in [3.8, 4) is 0 Å². The van der Waals surface area contributed by atoms with Crippen LogP contribution >= 0.6 is 0 Å². The highest BCUT2D eigenvalue weighted by Gasteiger charge is 2.23. The lowest BCUT2D eigenvalue weighted by atomic mass is 10.2. The molecule has 3 nitrogen and oxygen atoms in total. The van der Waals surface area contributed by atoms with Gasteiger partial charge in [-0.2, -0.15) is 0 Å². The molecule has 0 amide bonds. The van der Waals surface area contributed by atoms with Crippen LogP contribution in [0.15, 0.2) is 0 Å². The molecular formula is C9H20O3S. The Hall–Kier alpha value is -0.0900. The first-order chi connectivity index (χ1) is 5.62. The molecule has 4 heteroatoms. The molecule has 0 aliphatic carbocycles. The summed E-state index contributed by atoms with van der Waals surface area (Å²) in [6.07, 6.45) is 0.665. The lowest BCUT2D eigenvalue weighted by molar-refractivity contribution is 0.105. The molecule has 0 saturated carbocycles. The van der Waals surface area contributed by atoms with E-state index in [0.29, 0.717) is 12.3 Å². The van der Waals surface area contributed by atoms with Crippen molar-refractivity contribution < 1.29 is 13.5 Å². The van der Waals surface area contributed by atoms with Gasteiger partial charge < -0.3 is 5.11 Å². The highest BCUT2D eigenvalue weighted by molar-refractivity contribution is 7.91. The molecule has 0 fully saturated rings. The van der Waals surface area contributed by atoms with Crippen molar-refractivity contribution in [2.45, 2.75) is 39.7 Å². The zero-order valence-electron chi connectivity index (χ0n) is 8.87. The number of aliphatic hydroxyl groups is 1. The normalized spacial score (nSPS) is 13.7. The van der Waals surface area contributed by atoms with Crippen LogP contribution in [-0.4, -0.2) is 30.6 Å². The van der Waals surface area contributed by atoms with Crippen molar-refractivity contribution in [2.24, 2.45) is 5.92 Å². The molecule has 0 saturated heterocycles. The lowest BCUT2D eigenvalue weighted by Gasteiger charge is -2.17. The topological polar surface area (TPSA) is 54.4 Å². The van der Waals surface area contributed by atoms with Gasteiger partial charge in [0.25, 0.3) is 0 Å². The summed E-state index contributed by atoms with van der Waals surface area (Å²) >= 11 is 0. The maximum absolute atomic E-state index is 11.4. The van der Waals surface area contributed by atoms with Gasteiger partial charge in [-0.05, 0) is 26.2 Å². The molecule has 0 aromatic carbocycles. The fourth-order valence-electron chi connectivity index (χ4n) is 1.03. The highest BCUT2D eigenvalue weighted by atomic mass is 32.2. The van der Waals surface area contributed by atoms with Crippen molar-refractivity contribution in [3.05, 3.63) is 0 Å². The summed E-state index contributed by atoms with van der Waals surface area (Å²) in [6.45, 7) is 7.00. The van der Waals surface area contributed by atoms with Gasteiger partial charge in [0.2, 0.25) is 0 Å². The lowest BCUT2D eigenvalue weighted by Crippen LogP contribution is -2.31. The van der Waals surface area contributed by atoms with Crippen LogP contribution in [0, 0.1) is 5.92 Å². The van der Waals surface area contributed by atoms with E-state index in [0.717, 1.165) is 0 Å². The second kappa shape index (κ2) is 4.42. The highest BCUT2D eigenvalue weighted by Crippen LogP contribution is 2.10. The smallest absolute Gasteiger partial charge is 0.153 e. The van der Waals surface area contributed by atoms with Gasteiger partial charge in [0, 0.05) is 0 Å². The Morgan fingerprint density at radius 1 is 1.31 bits per heavy atom. The zero-order chi connectivity index (χ0) is 10.7. The molecule has 0 spiro atoms. The van der Waals surface area contributed by atoms with Gasteiger partial charge in [-0.3, -0.25) is 0 Å². The Balaban J connectivity index is 4.11. The number of hydrogen-bond donors (Lipinski definition) is 1. The third-order valence-electron chi connectivity index (χ3n) is 1.58. The Morgan fingerprint density at radius 2 is 1.77 bits per heavy atom. The Bertz CT molecular complexity index is 234. The Labute approximate surface area is 81.1 Å². The average molecular weight is 208 g/mol. The van der Waals surface area contributed by atoms with Crippen molar-refractivity contribution in [2.75, 3.05) is 11.5 Å². The SMILES string of the molecule is CC(C)CCS(=O)(=O)CC(C)(C)O. The molecule has 0 aromatic heterocycles. The fourth-order valence-corrected chi connectivity index (χ4v) is 3.08. The van der Waals surface area contributed by atoms with Gasteiger partial charge in [-0.25, -0.2) is 8.42 Å². The van der Waals surface area contributed by atoms with Gasteiger partial charge in [0.1, 0.15) is 0 Å². The van der Waals surface area contributed by atoms with Crippen LogP contribution in [0.25, 0.3) is 0 Å². The van der Waals surface area contributed by atoms with Gasteiger partial charge in [-0.15, -0.1) is 0 Å². The average Bonchev–Trinajstić information content (AvgIpc) is 1.78. The second-order valence-corrected chi connectivity index (χ2v) is 6.77.